The van der Waals surface area contributed by atoms with Gasteiger partial charge in [0.2, 0.25) is 11.2 Å². The fraction of sp³-hybridized carbons (Fsp3) is 0.286. The van der Waals surface area contributed by atoms with E-state index >= 15 is 0 Å². The topological polar surface area (TPSA) is 84.3 Å². The van der Waals surface area contributed by atoms with E-state index in [1.807, 2.05) is 19.1 Å². The number of nitrogens with zero attached hydrogens (tertiary/aromatic N) is 3. The van der Waals surface area contributed by atoms with E-state index in [4.69, 9.17) is 11.6 Å². The van der Waals surface area contributed by atoms with Crippen molar-refractivity contribution in [2.24, 2.45) is 7.05 Å². The van der Waals surface area contributed by atoms with Gasteiger partial charge in [-0.15, -0.1) is 0 Å². The maximum atomic E-state index is 12.3. The Bertz CT molecular complexity index is 796. The average Bonchev–Trinajstić information content (AvgIpc) is 2.82. The number of halogens is 1. The highest BCUT2D eigenvalue weighted by Gasteiger charge is 2.26. The first-order valence-corrected chi connectivity index (χ1v) is 8.53. The van der Waals surface area contributed by atoms with Gasteiger partial charge in [-0.2, -0.15) is 4.31 Å². The number of sulfonamides is 1. The number of benzene rings is 1. The van der Waals surface area contributed by atoms with Crippen molar-refractivity contribution in [3.8, 4) is 0 Å². The second-order valence-corrected chi connectivity index (χ2v) is 7.46. The van der Waals surface area contributed by atoms with E-state index in [1.165, 1.54) is 17.8 Å². The molecule has 1 aromatic carbocycles. The SMILES string of the molecule is Cc1ccc(NC(=O)CN(C)S(=O)(=O)c2cn(C)c(Cl)n2)cc1. The van der Waals surface area contributed by atoms with Crippen LogP contribution in [0.3, 0.4) is 0 Å². The van der Waals surface area contributed by atoms with Crippen LogP contribution in [0.1, 0.15) is 5.56 Å². The molecule has 0 atom stereocenters. The lowest BCUT2D eigenvalue weighted by Crippen LogP contribution is -2.35. The Morgan fingerprint density at radius 1 is 1.35 bits per heavy atom. The van der Waals surface area contributed by atoms with Gasteiger partial charge in [0.1, 0.15) is 0 Å². The number of aryl methyl sites for hydroxylation is 2. The van der Waals surface area contributed by atoms with Crippen molar-refractivity contribution in [3.05, 3.63) is 41.3 Å². The van der Waals surface area contributed by atoms with Crippen molar-refractivity contribution >= 4 is 33.2 Å². The standard InChI is InChI=1S/C14H17ClN4O3S/c1-10-4-6-11(7-5-10)16-12(20)8-19(3)23(21,22)13-9-18(2)14(15)17-13/h4-7,9H,8H2,1-3H3,(H,16,20). The molecule has 0 aliphatic rings. The van der Waals surface area contributed by atoms with Crippen molar-refractivity contribution in [1.82, 2.24) is 13.9 Å². The third-order valence-corrected chi connectivity index (χ3v) is 5.20. The molecule has 0 aliphatic heterocycles. The Kier molecular flexibility index (Phi) is 5.08. The number of rotatable bonds is 5. The summed E-state index contributed by atoms with van der Waals surface area (Å²) in [6.45, 7) is 1.61. The Labute approximate surface area is 139 Å². The first kappa shape index (κ1) is 17.5. The Morgan fingerprint density at radius 2 is 1.96 bits per heavy atom. The van der Waals surface area contributed by atoms with Gasteiger partial charge in [-0.25, -0.2) is 13.4 Å². The van der Waals surface area contributed by atoms with Gasteiger partial charge in [-0.3, -0.25) is 4.79 Å². The van der Waals surface area contributed by atoms with Gasteiger partial charge in [-0.05, 0) is 30.7 Å². The molecule has 0 spiro atoms. The van der Waals surface area contributed by atoms with Crippen LogP contribution in [0.5, 0.6) is 0 Å². The van der Waals surface area contributed by atoms with Crippen LogP contribution < -0.4 is 5.32 Å². The summed E-state index contributed by atoms with van der Waals surface area (Å²) < 4.78 is 27.0. The lowest BCUT2D eigenvalue weighted by Gasteiger charge is -2.15. The van der Waals surface area contributed by atoms with Gasteiger partial charge in [0.15, 0.2) is 5.03 Å². The van der Waals surface area contributed by atoms with E-state index < -0.39 is 15.9 Å². The number of aromatic nitrogens is 2. The molecule has 2 aromatic rings. The molecular weight excluding hydrogens is 340 g/mol. The molecule has 0 saturated carbocycles. The number of hydrogen-bond acceptors (Lipinski definition) is 4. The highest BCUT2D eigenvalue weighted by molar-refractivity contribution is 7.89. The molecule has 23 heavy (non-hydrogen) atoms. The zero-order chi connectivity index (χ0) is 17.2. The fourth-order valence-corrected chi connectivity index (χ4v) is 3.12. The van der Waals surface area contributed by atoms with Crippen LogP contribution in [0.4, 0.5) is 5.69 Å². The number of likely N-dealkylation sites (N-methyl/N-ethyl adjacent to an activating group) is 1. The zero-order valence-corrected chi connectivity index (χ0v) is 14.5. The van der Waals surface area contributed by atoms with Crippen LogP contribution in [0.25, 0.3) is 0 Å². The van der Waals surface area contributed by atoms with Crippen molar-refractivity contribution in [2.75, 3.05) is 18.9 Å². The van der Waals surface area contributed by atoms with Gasteiger partial charge in [0.25, 0.3) is 10.0 Å². The van der Waals surface area contributed by atoms with Gasteiger partial charge >= 0.3 is 0 Å². The Balaban J connectivity index is 2.06. The van der Waals surface area contributed by atoms with E-state index in [2.05, 4.69) is 10.3 Å². The Hall–Kier alpha value is -1.90. The zero-order valence-electron chi connectivity index (χ0n) is 12.9. The lowest BCUT2D eigenvalue weighted by atomic mass is 10.2. The molecule has 9 heteroatoms. The van der Waals surface area contributed by atoms with Gasteiger partial charge in [-0.1, -0.05) is 17.7 Å². The number of nitrogens with one attached hydrogen (secondary N) is 1. The highest BCUT2D eigenvalue weighted by Crippen LogP contribution is 2.16. The number of carbonyl (C=O) groups is 1. The quantitative estimate of drug-likeness (QED) is 0.882. The van der Waals surface area contributed by atoms with Crippen molar-refractivity contribution in [1.29, 1.82) is 0 Å². The largest absolute Gasteiger partial charge is 0.325 e. The van der Waals surface area contributed by atoms with E-state index in [1.54, 1.807) is 19.2 Å². The predicted molar refractivity (Wildman–Crippen MR) is 87.8 cm³/mol. The summed E-state index contributed by atoms with van der Waals surface area (Å²) in [4.78, 5) is 15.8. The summed E-state index contributed by atoms with van der Waals surface area (Å²) in [6, 6.07) is 7.21. The summed E-state index contributed by atoms with van der Waals surface area (Å²) in [5.74, 6) is -0.443. The van der Waals surface area contributed by atoms with Crippen LogP contribution in [0.15, 0.2) is 35.5 Å². The Morgan fingerprint density at radius 3 is 2.48 bits per heavy atom. The van der Waals surface area contributed by atoms with E-state index in [0.29, 0.717) is 5.69 Å². The first-order valence-electron chi connectivity index (χ1n) is 6.72. The molecule has 0 fully saturated rings. The molecular formula is C14H17ClN4O3S. The van der Waals surface area contributed by atoms with E-state index in [0.717, 1.165) is 9.87 Å². The number of carbonyl (C=O) groups excluding carboxylic acids is 1. The van der Waals surface area contributed by atoms with Crippen LogP contribution in [0.2, 0.25) is 5.28 Å². The molecule has 1 N–H and O–H groups in total. The summed E-state index contributed by atoms with van der Waals surface area (Å²) in [5, 5.41) is 2.50. The number of anilines is 1. The minimum Gasteiger partial charge on any atom is -0.325 e. The van der Waals surface area contributed by atoms with Crippen LogP contribution in [-0.4, -0.2) is 41.8 Å². The molecule has 1 aromatic heterocycles. The smallest absolute Gasteiger partial charge is 0.262 e. The first-order chi connectivity index (χ1) is 10.7. The van der Waals surface area contributed by atoms with E-state index in [-0.39, 0.29) is 16.9 Å². The molecule has 0 saturated heterocycles. The molecule has 2 rings (SSSR count). The lowest BCUT2D eigenvalue weighted by molar-refractivity contribution is -0.116. The van der Waals surface area contributed by atoms with E-state index in [9.17, 15) is 13.2 Å². The fourth-order valence-electron chi connectivity index (χ4n) is 1.83. The van der Waals surface area contributed by atoms with Crippen molar-refractivity contribution in [3.63, 3.8) is 0 Å². The minimum absolute atomic E-state index is 0.0566. The molecule has 0 aliphatic carbocycles. The van der Waals surface area contributed by atoms with Crippen LogP contribution in [-0.2, 0) is 21.9 Å². The summed E-state index contributed by atoms with van der Waals surface area (Å²) in [5.41, 5.74) is 1.67. The van der Waals surface area contributed by atoms with Crippen LogP contribution >= 0.6 is 11.6 Å². The van der Waals surface area contributed by atoms with Gasteiger partial charge in [0, 0.05) is 26.0 Å². The summed E-state index contributed by atoms with van der Waals surface area (Å²) in [7, 11) is -0.985. The normalized spacial score (nSPS) is 11.7. The second-order valence-electron chi connectivity index (χ2n) is 5.13. The molecule has 0 unspecified atom stereocenters. The van der Waals surface area contributed by atoms with Crippen molar-refractivity contribution in [2.45, 2.75) is 11.9 Å². The van der Waals surface area contributed by atoms with Gasteiger partial charge in [0.05, 0.1) is 6.54 Å². The molecule has 1 heterocycles. The third kappa shape index (κ3) is 4.10. The summed E-state index contributed by atoms with van der Waals surface area (Å²) >= 11 is 5.76. The minimum atomic E-state index is -3.88. The van der Waals surface area contributed by atoms with Crippen LogP contribution in [0, 0.1) is 6.92 Å². The monoisotopic (exact) mass is 356 g/mol. The third-order valence-electron chi connectivity index (χ3n) is 3.17. The number of hydrogen-bond donors (Lipinski definition) is 1. The molecule has 0 radical (unpaired) electrons. The predicted octanol–water partition coefficient (Wildman–Crippen LogP) is 1.64. The summed E-state index contributed by atoms with van der Waals surface area (Å²) in [6.07, 6.45) is 1.30. The number of imidazole rings is 1. The molecule has 0 bridgehead atoms. The van der Waals surface area contributed by atoms with Gasteiger partial charge < -0.3 is 9.88 Å². The van der Waals surface area contributed by atoms with Crippen molar-refractivity contribution < 1.29 is 13.2 Å². The highest BCUT2D eigenvalue weighted by atomic mass is 35.5. The average molecular weight is 357 g/mol. The molecule has 1 amide bonds. The number of amides is 1. The molecule has 7 nitrogen and oxygen atoms in total. The second kappa shape index (κ2) is 6.69. The molecule has 124 valence electrons. The maximum Gasteiger partial charge on any atom is 0.262 e. The maximum absolute atomic E-state index is 12.3.